The Morgan fingerprint density at radius 2 is 1.81 bits per heavy atom. The Bertz CT molecular complexity index is 1150. The second kappa shape index (κ2) is 10.5. The summed E-state index contributed by atoms with van der Waals surface area (Å²) in [6.07, 6.45) is 0. The number of rotatable bonds is 9. The third-order valence-electron chi connectivity index (χ3n) is 4.30. The Morgan fingerprint density at radius 1 is 1.09 bits per heavy atom. The van der Waals surface area contributed by atoms with Crippen LogP contribution in [-0.2, 0) is 4.79 Å². The third kappa shape index (κ3) is 5.30. The molecule has 0 spiro atoms. The monoisotopic (exact) mass is 457 g/mol. The lowest BCUT2D eigenvalue weighted by molar-refractivity contribution is -0.113. The lowest BCUT2D eigenvalue weighted by Crippen LogP contribution is -2.32. The Balaban J connectivity index is 1.69. The number of benzene rings is 2. The molecule has 0 radical (unpaired) electrons. The summed E-state index contributed by atoms with van der Waals surface area (Å²) in [6.45, 7) is 2.46. The molecule has 0 aliphatic carbocycles. The number of hydrogen-bond acceptors (Lipinski definition) is 9. The smallest absolute Gasteiger partial charge is 0.299 e. The van der Waals surface area contributed by atoms with Crippen LogP contribution in [0.5, 0.6) is 17.2 Å². The van der Waals surface area contributed by atoms with E-state index >= 15 is 0 Å². The summed E-state index contributed by atoms with van der Waals surface area (Å²) in [6, 6.07) is 11.9. The zero-order valence-corrected chi connectivity index (χ0v) is 18.6. The molecule has 10 nitrogen and oxygen atoms in total. The van der Waals surface area contributed by atoms with Crippen molar-refractivity contribution in [3.05, 3.63) is 52.8 Å². The van der Waals surface area contributed by atoms with Gasteiger partial charge in [-0.15, -0.1) is 10.2 Å². The normalized spacial score (nSPS) is 10.5. The maximum atomic E-state index is 12.7. The minimum atomic E-state index is -0.554. The molecule has 3 rings (SSSR count). The molecule has 168 valence electrons. The van der Waals surface area contributed by atoms with Crippen LogP contribution in [-0.4, -0.2) is 47.4 Å². The number of methoxy groups -OCH3 is 2. The maximum Gasteiger partial charge on any atom is 0.299 e. The first-order valence-electron chi connectivity index (χ1n) is 9.59. The number of anilines is 1. The Kier molecular flexibility index (Phi) is 7.55. The van der Waals surface area contributed by atoms with Gasteiger partial charge in [-0.2, -0.15) is 4.68 Å². The van der Waals surface area contributed by atoms with Crippen LogP contribution in [0.15, 0.2) is 52.4 Å². The molecule has 3 N–H and O–H groups in total. The molecule has 11 heteroatoms. The van der Waals surface area contributed by atoms with E-state index in [-0.39, 0.29) is 22.5 Å². The van der Waals surface area contributed by atoms with Gasteiger partial charge in [0.25, 0.3) is 5.56 Å². The first kappa shape index (κ1) is 22.9. The number of carbonyl (C=O) groups excluding carboxylic acids is 1. The van der Waals surface area contributed by atoms with Crippen molar-refractivity contribution in [2.75, 3.05) is 37.7 Å². The zero-order valence-electron chi connectivity index (χ0n) is 17.8. The minimum Gasteiger partial charge on any atom is -0.494 e. The topological polar surface area (TPSA) is 131 Å². The van der Waals surface area contributed by atoms with Gasteiger partial charge in [-0.1, -0.05) is 11.8 Å². The summed E-state index contributed by atoms with van der Waals surface area (Å²) in [7, 11) is 3.01. The van der Waals surface area contributed by atoms with Crippen LogP contribution in [0.3, 0.4) is 0 Å². The number of nitrogens with zero attached hydrogens (tertiary/aromatic N) is 3. The molecule has 1 aromatic heterocycles. The van der Waals surface area contributed by atoms with Crippen LogP contribution in [0.25, 0.3) is 11.3 Å². The van der Waals surface area contributed by atoms with E-state index in [4.69, 9.17) is 20.1 Å². The lowest BCUT2D eigenvalue weighted by Gasteiger charge is -2.10. The van der Waals surface area contributed by atoms with Crippen molar-refractivity contribution < 1.29 is 19.0 Å². The van der Waals surface area contributed by atoms with Crippen molar-refractivity contribution in [3.63, 3.8) is 0 Å². The fourth-order valence-corrected chi connectivity index (χ4v) is 3.43. The van der Waals surface area contributed by atoms with E-state index in [9.17, 15) is 9.59 Å². The number of hydrogen-bond donors (Lipinski definition) is 2. The lowest BCUT2D eigenvalue weighted by atomic mass is 10.1. The molecule has 2 aromatic carbocycles. The van der Waals surface area contributed by atoms with Crippen molar-refractivity contribution in [1.29, 1.82) is 0 Å². The van der Waals surface area contributed by atoms with Crippen molar-refractivity contribution >= 4 is 23.4 Å². The molecule has 0 saturated heterocycles. The molecule has 1 amide bonds. The number of thioether (sulfide) groups is 1. The van der Waals surface area contributed by atoms with E-state index in [0.29, 0.717) is 29.4 Å². The summed E-state index contributed by atoms with van der Waals surface area (Å²) in [5.74, 6) is 7.30. The molecule has 32 heavy (non-hydrogen) atoms. The molecule has 0 fully saturated rings. The van der Waals surface area contributed by atoms with E-state index in [1.807, 2.05) is 6.92 Å². The fraction of sp³-hybridized carbons (Fsp3) is 0.238. The summed E-state index contributed by atoms with van der Waals surface area (Å²) in [5.41, 5.74) is 0.599. The van der Waals surface area contributed by atoms with Crippen LogP contribution >= 0.6 is 11.8 Å². The number of ether oxygens (including phenoxy) is 3. The molecule has 0 aliphatic heterocycles. The Labute approximate surface area is 188 Å². The van der Waals surface area contributed by atoms with Crippen LogP contribution < -0.4 is 30.9 Å². The molecular weight excluding hydrogens is 434 g/mol. The van der Waals surface area contributed by atoms with Gasteiger partial charge in [-0.05, 0) is 49.4 Å². The molecule has 0 bridgehead atoms. The van der Waals surface area contributed by atoms with Crippen LogP contribution in [0.1, 0.15) is 6.92 Å². The fourth-order valence-electron chi connectivity index (χ4n) is 2.78. The van der Waals surface area contributed by atoms with Gasteiger partial charge in [0.15, 0.2) is 17.2 Å². The highest BCUT2D eigenvalue weighted by Gasteiger charge is 2.16. The van der Waals surface area contributed by atoms with Gasteiger partial charge in [0.05, 0.1) is 26.6 Å². The molecule has 0 unspecified atom stereocenters. The number of amides is 1. The van der Waals surface area contributed by atoms with Gasteiger partial charge < -0.3 is 25.4 Å². The summed E-state index contributed by atoms with van der Waals surface area (Å²) < 4.78 is 16.7. The number of nitrogens with two attached hydrogens (primary N) is 1. The zero-order chi connectivity index (χ0) is 23.1. The van der Waals surface area contributed by atoms with Gasteiger partial charge >= 0.3 is 0 Å². The molecule has 1 heterocycles. The first-order chi connectivity index (χ1) is 15.5. The van der Waals surface area contributed by atoms with Crippen LogP contribution in [0, 0.1) is 0 Å². The number of aromatic nitrogens is 3. The van der Waals surface area contributed by atoms with Gasteiger partial charge in [-0.3, -0.25) is 9.59 Å². The second-order valence-corrected chi connectivity index (χ2v) is 7.31. The summed E-state index contributed by atoms with van der Waals surface area (Å²) in [5, 5.41) is 10.9. The van der Waals surface area contributed by atoms with Crippen LogP contribution in [0.2, 0.25) is 0 Å². The van der Waals surface area contributed by atoms with E-state index in [0.717, 1.165) is 22.2 Å². The standard InChI is InChI=1S/C21H23N5O5S/c1-4-31-15-8-6-14(7-9-15)23-18(27)12-32-21-25-24-19(20(28)26(21)22)13-5-10-16(29-2)17(11-13)30-3/h5-11H,4,12,22H2,1-3H3,(H,23,27). The van der Waals surface area contributed by atoms with Gasteiger partial charge in [0.1, 0.15) is 5.75 Å². The summed E-state index contributed by atoms with van der Waals surface area (Å²) in [4.78, 5) is 24.9. The third-order valence-corrected chi connectivity index (χ3v) is 5.24. The molecule has 0 saturated carbocycles. The largest absolute Gasteiger partial charge is 0.494 e. The average Bonchev–Trinajstić information content (AvgIpc) is 2.81. The Hall–Kier alpha value is -3.73. The highest BCUT2D eigenvalue weighted by Crippen LogP contribution is 2.30. The minimum absolute atomic E-state index is 0.00572. The van der Waals surface area contributed by atoms with E-state index in [1.54, 1.807) is 42.5 Å². The highest BCUT2D eigenvalue weighted by molar-refractivity contribution is 7.99. The van der Waals surface area contributed by atoms with Crippen molar-refractivity contribution in [1.82, 2.24) is 14.9 Å². The predicted octanol–water partition coefficient (Wildman–Crippen LogP) is 2.17. The maximum absolute atomic E-state index is 12.7. The van der Waals surface area contributed by atoms with Crippen LogP contribution in [0.4, 0.5) is 5.69 Å². The van der Waals surface area contributed by atoms with Crippen molar-refractivity contribution in [2.45, 2.75) is 12.1 Å². The molecule has 3 aromatic rings. The van der Waals surface area contributed by atoms with Crippen molar-refractivity contribution in [3.8, 4) is 28.5 Å². The first-order valence-corrected chi connectivity index (χ1v) is 10.6. The Morgan fingerprint density at radius 3 is 2.47 bits per heavy atom. The molecule has 0 atom stereocenters. The number of carbonyl (C=O) groups is 1. The number of nitrogen functional groups attached to an aromatic ring is 1. The molecule has 0 aliphatic rings. The van der Waals surface area contributed by atoms with Gasteiger partial charge in [0, 0.05) is 11.3 Å². The summed E-state index contributed by atoms with van der Waals surface area (Å²) >= 11 is 1.00. The molecular formula is C21H23N5O5S. The van der Waals surface area contributed by atoms with E-state index in [2.05, 4.69) is 15.5 Å². The van der Waals surface area contributed by atoms with Crippen molar-refractivity contribution in [2.24, 2.45) is 0 Å². The SMILES string of the molecule is CCOc1ccc(NC(=O)CSc2nnc(-c3ccc(OC)c(OC)c3)c(=O)n2N)cc1. The van der Waals surface area contributed by atoms with Gasteiger partial charge in [-0.25, -0.2) is 0 Å². The average molecular weight is 458 g/mol. The van der Waals surface area contributed by atoms with Gasteiger partial charge in [0.2, 0.25) is 11.1 Å². The van der Waals surface area contributed by atoms with E-state index < -0.39 is 5.56 Å². The highest BCUT2D eigenvalue weighted by atomic mass is 32.2. The second-order valence-electron chi connectivity index (χ2n) is 6.37. The quantitative estimate of drug-likeness (QED) is 0.367. The predicted molar refractivity (Wildman–Crippen MR) is 122 cm³/mol. The van der Waals surface area contributed by atoms with E-state index in [1.165, 1.54) is 14.2 Å². The number of nitrogens with one attached hydrogen (secondary N) is 1.